The number of hydrogen-bond donors (Lipinski definition) is 1. The Morgan fingerprint density at radius 3 is 2.71 bits per heavy atom. The van der Waals surface area contributed by atoms with Crippen molar-refractivity contribution in [2.45, 2.75) is 46.2 Å². The zero-order valence-corrected chi connectivity index (χ0v) is 16.5. The van der Waals surface area contributed by atoms with E-state index in [1.165, 1.54) is 37.9 Å². The van der Waals surface area contributed by atoms with Gasteiger partial charge in [-0.3, -0.25) is 23.9 Å². The number of carbonyl (C=O) groups excluding carboxylic acids is 3. The van der Waals surface area contributed by atoms with Gasteiger partial charge in [-0.15, -0.1) is 0 Å². The number of fused-ring (bicyclic) bond motifs is 2. The summed E-state index contributed by atoms with van der Waals surface area (Å²) in [6, 6.07) is 1.24. The van der Waals surface area contributed by atoms with E-state index in [0.29, 0.717) is 6.54 Å². The summed E-state index contributed by atoms with van der Waals surface area (Å²) >= 11 is 0. The molecule has 3 rings (SSSR count). The Hall–Kier alpha value is -2.84. The lowest BCUT2D eigenvalue weighted by Crippen LogP contribution is -2.59. The van der Waals surface area contributed by atoms with E-state index in [9.17, 15) is 19.2 Å². The molecule has 1 saturated heterocycles. The monoisotopic (exact) mass is 391 g/mol. The highest BCUT2D eigenvalue weighted by Gasteiger charge is 2.41. The number of aromatic nitrogens is 1. The highest BCUT2D eigenvalue weighted by atomic mass is 16.5. The van der Waals surface area contributed by atoms with Crippen molar-refractivity contribution in [3.8, 4) is 5.75 Å². The summed E-state index contributed by atoms with van der Waals surface area (Å²) in [6.45, 7) is 5.65. The SMILES string of the molecule is COC(=O)CC(C)(C)C(=O)Oc1c2n(ccc1=O)NC1C(C)CCCN1C2=O. The molecule has 2 unspecified atom stereocenters. The lowest BCUT2D eigenvalue weighted by Gasteiger charge is -2.44. The summed E-state index contributed by atoms with van der Waals surface area (Å²) in [5, 5.41) is 0. The minimum absolute atomic E-state index is 0.0138. The first-order valence-corrected chi connectivity index (χ1v) is 9.28. The topological polar surface area (TPSA) is 107 Å². The van der Waals surface area contributed by atoms with E-state index in [4.69, 9.17) is 4.74 Å². The van der Waals surface area contributed by atoms with Crippen molar-refractivity contribution in [1.82, 2.24) is 9.58 Å². The Bertz CT molecular complexity index is 875. The van der Waals surface area contributed by atoms with Gasteiger partial charge in [0.1, 0.15) is 6.17 Å². The quantitative estimate of drug-likeness (QED) is 0.766. The van der Waals surface area contributed by atoms with Crippen LogP contribution in [0.1, 0.15) is 50.5 Å². The van der Waals surface area contributed by atoms with E-state index in [-0.39, 0.29) is 35.9 Å². The normalized spacial score (nSPS) is 21.3. The minimum atomic E-state index is -1.22. The molecule has 152 valence electrons. The van der Waals surface area contributed by atoms with Gasteiger partial charge in [-0.2, -0.15) is 0 Å². The molecule has 1 fully saturated rings. The van der Waals surface area contributed by atoms with Gasteiger partial charge in [0.2, 0.25) is 11.2 Å². The van der Waals surface area contributed by atoms with Gasteiger partial charge in [-0.25, -0.2) is 0 Å². The number of carbonyl (C=O) groups is 3. The van der Waals surface area contributed by atoms with E-state index in [2.05, 4.69) is 17.1 Å². The predicted molar refractivity (Wildman–Crippen MR) is 99.3 cm³/mol. The van der Waals surface area contributed by atoms with Crippen LogP contribution in [-0.2, 0) is 14.3 Å². The number of methoxy groups -OCH3 is 1. The first-order chi connectivity index (χ1) is 13.2. The van der Waals surface area contributed by atoms with E-state index >= 15 is 0 Å². The molecule has 2 aliphatic rings. The molecule has 28 heavy (non-hydrogen) atoms. The highest BCUT2D eigenvalue weighted by molar-refractivity contribution is 5.97. The number of nitrogens with one attached hydrogen (secondary N) is 1. The molecule has 0 spiro atoms. The molecule has 0 radical (unpaired) electrons. The van der Waals surface area contributed by atoms with Gasteiger partial charge in [0.15, 0.2) is 5.69 Å². The molecular formula is C19H25N3O6. The standard InChI is InChI=1S/C19H25N3O6/c1-11-6-5-8-21-16(11)20-22-9-7-12(23)15(14(22)17(21)25)28-18(26)19(2,3)10-13(24)27-4/h7,9,11,16,20H,5-6,8,10H2,1-4H3. The van der Waals surface area contributed by atoms with Crippen LogP contribution < -0.4 is 15.6 Å². The number of esters is 2. The van der Waals surface area contributed by atoms with Gasteiger partial charge < -0.3 is 19.8 Å². The molecule has 2 aliphatic heterocycles. The molecule has 2 atom stereocenters. The third-order valence-electron chi connectivity index (χ3n) is 5.28. The molecular weight excluding hydrogens is 366 g/mol. The molecule has 0 aliphatic carbocycles. The van der Waals surface area contributed by atoms with Crippen molar-refractivity contribution in [3.05, 3.63) is 28.2 Å². The van der Waals surface area contributed by atoms with Crippen molar-refractivity contribution in [2.75, 3.05) is 19.1 Å². The summed E-state index contributed by atoms with van der Waals surface area (Å²) in [7, 11) is 1.23. The summed E-state index contributed by atoms with van der Waals surface area (Å²) in [4.78, 5) is 51.4. The van der Waals surface area contributed by atoms with Crippen molar-refractivity contribution in [3.63, 3.8) is 0 Å². The molecule has 1 N–H and O–H groups in total. The Morgan fingerprint density at radius 2 is 2.04 bits per heavy atom. The van der Waals surface area contributed by atoms with Gasteiger partial charge >= 0.3 is 11.9 Å². The maximum absolute atomic E-state index is 13.1. The van der Waals surface area contributed by atoms with Gasteiger partial charge in [0.05, 0.1) is 18.9 Å². The number of pyridine rings is 1. The minimum Gasteiger partial charge on any atom is -0.469 e. The lowest BCUT2D eigenvalue weighted by molar-refractivity contribution is -0.153. The number of hydrogen-bond acceptors (Lipinski definition) is 7. The molecule has 1 aromatic rings. The third kappa shape index (κ3) is 3.48. The number of amides is 1. The second-order valence-corrected chi connectivity index (χ2v) is 7.95. The second-order valence-electron chi connectivity index (χ2n) is 7.95. The van der Waals surface area contributed by atoms with Crippen molar-refractivity contribution in [1.29, 1.82) is 0 Å². The number of ether oxygens (including phenoxy) is 2. The highest BCUT2D eigenvalue weighted by Crippen LogP contribution is 2.31. The van der Waals surface area contributed by atoms with Crippen LogP contribution in [-0.4, -0.2) is 47.2 Å². The summed E-state index contributed by atoms with van der Waals surface area (Å²) in [5.74, 6) is -1.81. The molecule has 1 amide bonds. The average Bonchev–Trinajstić information content (AvgIpc) is 2.64. The Balaban J connectivity index is 1.95. The van der Waals surface area contributed by atoms with Gasteiger partial charge in [-0.1, -0.05) is 6.92 Å². The second kappa shape index (κ2) is 7.29. The molecule has 0 bridgehead atoms. The maximum atomic E-state index is 13.1. The molecule has 0 aromatic carbocycles. The smallest absolute Gasteiger partial charge is 0.317 e. The van der Waals surface area contributed by atoms with Crippen molar-refractivity contribution < 1.29 is 23.9 Å². The van der Waals surface area contributed by atoms with Crippen molar-refractivity contribution in [2.24, 2.45) is 11.3 Å². The first kappa shape index (κ1) is 19.9. The predicted octanol–water partition coefficient (Wildman–Crippen LogP) is 1.10. The van der Waals surface area contributed by atoms with Crippen LogP contribution in [0.3, 0.4) is 0 Å². The van der Waals surface area contributed by atoms with Crippen LogP contribution in [0.15, 0.2) is 17.1 Å². The van der Waals surface area contributed by atoms with Gasteiger partial charge in [0.25, 0.3) is 5.91 Å². The van der Waals surface area contributed by atoms with Gasteiger partial charge in [-0.05, 0) is 32.6 Å². The molecule has 3 heterocycles. The van der Waals surface area contributed by atoms with Crippen LogP contribution in [0, 0.1) is 11.3 Å². The van der Waals surface area contributed by atoms with Crippen LogP contribution in [0.5, 0.6) is 5.75 Å². The maximum Gasteiger partial charge on any atom is 0.317 e. The Morgan fingerprint density at radius 1 is 1.32 bits per heavy atom. The lowest BCUT2D eigenvalue weighted by atomic mass is 9.89. The fraction of sp³-hybridized carbons (Fsp3) is 0.579. The number of nitrogens with zero attached hydrogens (tertiary/aromatic N) is 2. The Kier molecular flexibility index (Phi) is 5.18. The van der Waals surface area contributed by atoms with E-state index in [1.807, 2.05) is 0 Å². The first-order valence-electron chi connectivity index (χ1n) is 9.28. The van der Waals surface area contributed by atoms with E-state index in [0.717, 1.165) is 12.8 Å². The zero-order valence-electron chi connectivity index (χ0n) is 16.5. The zero-order chi connectivity index (χ0) is 20.6. The van der Waals surface area contributed by atoms with Crippen molar-refractivity contribution >= 4 is 17.8 Å². The Labute approximate surface area is 162 Å². The number of rotatable bonds is 4. The van der Waals surface area contributed by atoms with Crippen LogP contribution in [0.4, 0.5) is 0 Å². The summed E-state index contributed by atoms with van der Waals surface area (Å²) < 4.78 is 11.4. The number of piperidine rings is 1. The van der Waals surface area contributed by atoms with E-state index < -0.39 is 22.8 Å². The largest absolute Gasteiger partial charge is 0.469 e. The molecule has 9 heteroatoms. The molecule has 1 aromatic heterocycles. The summed E-state index contributed by atoms with van der Waals surface area (Å²) in [5.41, 5.74) is 1.40. The van der Waals surface area contributed by atoms with Crippen LogP contribution >= 0.6 is 0 Å². The van der Waals surface area contributed by atoms with E-state index in [1.54, 1.807) is 4.90 Å². The fourth-order valence-corrected chi connectivity index (χ4v) is 3.55. The fourth-order valence-electron chi connectivity index (χ4n) is 3.55. The van der Waals surface area contributed by atoms with Crippen LogP contribution in [0.2, 0.25) is 0 Å². The molecule has 9 nitrogen and oxygen atoms in total. The third-order valence-corrected chi connectivity index (χ3v) is 5.28. The van der Waals surface area contributed by atoms with Crippen LogP contribution in [0.25, 0.3) is 0 Å². The van der Waals surface area contributed by atoms with Gasteiger partial charge in [0, 0.05) is 18.8 Å². The average molecular weight is 391 g/mol. The summed E-state index contributed by atoms with van der Waals surface area (Å²) in [6.07, 6.45) is 2.92. The molecule has 0 saturated carbocycles.